The third-order valence-corrected chi connectivity index (χ3v) is 2.90. The van der Waals surface area contributed by atoms with Gasteiger partial charge in [0.25, 0.3) is 5.91 Å². The number of anilines is 1. The van der Waals surface area contributed by atoms with Crippen LogP contribution in [0.1, 0.15) is 42.2 Å². The molecule has 1 heterocycles. The number of aryl methyl sites for hydroxylation is 1. The third kappa shape index (κ3) is 4.02. The number of carbonyl (C=O) groups is 1. The standard InChI is InChI=1S/C14H23N3O/c1-5-6-7-8-17(4)14(18)12-9-11(2)16-13(10-12)15-3/h9-10H,5-8H2,1-4H3,(H,15,16). The van der Waals surface area contributed by atoms with Crippen LogP contribution in [0, 0.1) is 6.92 Å². The summed E-state index contributed by atoms with van der Waals surface area (Å²) in [5.74, 6) is 0.799. The van der Waals surface area contributed by atoms with E-state index in [9.17, 15) is 4.79 Å². The highest BCUT2D eigenvalue weighted by Gasteiger charge is 2.12. The van der Waals surface area contributed by atoms with Crippen LogP contribution in [0.2, 0.25) is 0 Å². The van der Waals surface area contributed by atoms with Gasteiger partial charge >= 0.3 is 0 Å². The number of hydrogen-bond acceptors (Lipinski definition) is 3. The number of hydrogen-bond donors (Lipinski definition) is 1. The average Bonchev–Trinajstić information content (AvgIpc) is 2.37. The summed E-state index contributed by atoms with van der Waals surface area (Å²) < 4.78 is 0. The van der Waals surface area contributed by atoms with Gasteiger partial charge in [0.15, 0.2) is 0 Å². The molecule has 4 heteroatoms. The van der Waals surface area contributed by atoms with Crippen molar-refractivity contribution >= 4 is 11.7 Å². The summed E-state index contributed by atoms with van der Waals surface area (Å²) in [5, 5.41) is 2.97. The molecule has 0 aliphatic carbocycles. The predicted octanol–water partition coefficient (Wildman–Crippen LogP) is 2.69. The number of carbonyl (C=O) groups excluding carboxylic acids is 1. The molecule has 1 amide bonds. The molecule has 1 rings (SSSR count). The van der Waals surface area contributed by atoms with Crippen LogP contribution in [-0.2, 0) is 0 Å². The molecule has 0 spiro atoms. The van der Waals surface area contributed by atoms with Crippen molar-refractivity contribution in [3.63, 3.8) is 0 Å². The minimum atomic E-state index is 0.0631. The Kier molecular flexibility index (Phi) is 5.62. The number of unbranched alkanes of at least 4 members (excludes halogenated alkanes) is 2. The zero-order valence-electron chi connectivity index (χ0n) is 11.8. The number of rotatable bonds is 6. The van der Waals surface area contributed by atoms with Gasteiger partial charge in [-0.3, -0.25) is 4.79 Å². The monoisotopic (exact) mass is 249 g/mol. The molecular weight excluding hydrogens is 226 g/mol. The fourth-order valence-electron chi connectivity index (χ4n) is 1.84. The van der Waals surface area contributed by atoms with Crippen LogP contribution in [-0.4, -0.2) is 36.4 Å². The van der Waals surface area contributed by atoms with Gasteiger partial charge in [-0.25, -0.2) is 4.98 Å². The van der Waals surface area contributed by atoms with Crippen LogP contribution >= 0.6 is 0 Å². The summed E-state index contributed by atoms with van der Waals surface area (Å²) in [6, 6.07) is 3.63. The Labute approximate surface area is 109 Å². The van der Waals surface area contributed by atoms with Crippen molar-refractivity contribution in [2.24, 2.45) is 0 Å². The number of pyridine rings is 1. The van der Waals surface area contributed by atoms with E-state index in [0.717, 1.165) is 30.9 Å². The average molecular weight is 249 g/mol. The highest BCUT2D eigenvalue weighted by Crippen LogP contribution is 2.12. The zero-order valence-corrected chi connectivity index (χ0v) is 11.8. The molecule has 0 aliphatic rings. The predicted molar refractivity (Wildman–Crippen MR) is 75.0 cm³/mol. The molecule has 18 heavy (non-hydrogen) atoms. The molecule has 0 saturated heterocycles. The molecule has 1 aromatic heterocycles. The van der Waals surface area contributed by atoms with Gasteiger partial charge in [-0.15, -0.1) is 0 Å². The first kappa shape index (κ1) is 14.5. The largest absolute Gasteiger partial charge is 0.373 e. The molecule has 0 aromatic carbocycles. The molecule has 0 bridgehead atoms. The van der Waals surface area contributed by atoms with Crippen LogP contribution in [0.15, 0.2) is 12.1 Å². The summed E-state index contributed by atoms with van der Waals surface area (Å²) in [5.41, 5.74) is 1.55. The maximum absolute atomic E-state index is 12.2. The smallest absolute Gasteiger partial charge is 0.253 e. The second kappa shape index (κ2) is 6.99. The maximum atomic E-state index is 12.2. The second-order valence-electron chi connectivity index (χ2n) is 4.57. The van der Waals surface area contributed by atoms with Crippen LogP contribution in [0.5, 0.6) is 0 Å². The number of aromatic nitrogens is 1. The summed E-state index contributed by atoms with van der Waals surface area (Å²) in [6.45, 7) is 4.87. The van der Waals surface area contributed by atoms with Crippen molar-refractivity contribution in [2.75, 3.05) is 26.0 Å². The quantitative estimate of drug-likeness (QED) is 0.788. The number of nitrogens with zero attached hydrogens (tertiary/aromatic N) is 2. The van der Waals surface area contributed by atoms with E-state index in [0.29, 0.717) is 5.56 Å². The molecule has 0 saturated carbocycles. The van der Waals surface area contributed by atoms with Crippen molar-refractivity contribution in [1.29, 1.82) is 0 Å². The van der Waals surface area contributed by atoms with E-state index in [1.165, 1.54) is 6.42 Å². The fraction of sp³-hybridized carbons (Fsp3) is 0.571. The van der Waals surface area contributed by atoms with Crippen LogP contribution in [0.4, 0.5) is 5.82 Å². The van der Waals surface area contributed by atoms with Crippen molar-refractivity contribution in [3.8, 4) is 0 Å². The second-order valence-corrected chi connectivity index (χ2v) is 4.57. The lowest BCUT2D eigenvalue weighted by atomic mass is 10.2. The first-order chi connectivity index (χ1) is 8.58. The lowest BCUT2D eigenvalue weighted by molar-refractivity contribution is 0.0792. The molecule has 0 fully saturated rings. The highest BCUT2D eigenvalue weighted by atomic mass is 16.2. The minimum absolute atomic E-state index is 0.0631. The van der Waals surface area contributed by atoms with Gasteiger partial charge in [0.05, 0.1) is 0 Å². The number of nitrogens with one attached hydrogen (secondary N) is 1. The van der Waals surface area contributed by atoms with E-state index in [4.69, 9.17) is 0 Å². The van der Waals surface area contributed by atoms with E-state index in [-0.39, 0.29) is 5.91 Å². The van der Waals surface area contributed by atoms with Gasteiger partial charge in [0.1, 0.15) is 5.82 Å². The van der Waals surface area contributed by atoms with Gasteiger partial charge in [-0.2, -0.15) is 0 Å². The van der Waals surface area contributed by atoms with Gasteiger partial charge in [-0.05, 0) is 25.5 Å². The molecule has 4 nitrogen and oxygen atoms in total. The summed E-state index contributed by atoms with van der Waals surface area (Å²) in [6.07, 6.45) is 3.39. The Morgan fingerprint density at radius 1 is 1.39 bits per heavy atom. The first-order valence-electron chi connectivity index (χ1n) is 6.50. The Hall–Kier alpha value is -1.58. The molecule has 0 radical (unpaired) electrons. The zero-order chi connectivity index (χ0) is 13.5. The van der Waals surface area contributed by atoms with Gasteiger partial charge in [0, 0.05) is 31.9 Å². The van der Waals surface area contributed by atoms with E-state index in [1.807, 2.05) is 20.0 Å². The van der Waals surface area contributed by atoms with E-state index in [1.54, 1.807) is 18.0 Å². The Bertz CT molecular complexity index is 404. The summed E-state index contributed by atoms with van der Waals surface area (Å²) >= 11 is 0. The molecular formula is C14H23N3O. The molecule has 1 aromatic rings. The van der Waals surface area contributed by atoms with Crippen LogP contribution < -0.4 is 5.32 Å². The van der Waals surface area contributed by atoms with Crippen molar-refractivity contribution in [1.82, 2.24) is 9.88 Å². The van der Waals surface area contributed by atoms with Crippen molar-refractivity contribution in [3.05, 3.63) is 23.4 Å². The normalized spacial score (nSPS) is 10.2. The van der Waals surface area contributed by atoms with E-state index < -0.39 is 0 Å². The van der Waals surface area contributed by atoms with Gasteiger partial charge in [0.2, 0.25) is 0 Å². The SMILES string of the molecule is CCCCCN(C)C(=O)c1cc(C)nc(NC)c1. The Balaban J connectivity index is 2.73. The van der Waals surface area contributed by atoms with Crippen molar-refractivity contribution < 1.29 is 4.79 Å². The highest BCUT2D eigenvalue weighted by molar-refractivity contribution is 5.94. The van der Waals surface area contributed by atoms with Crippen LogP contribution in [0.3, 0.4) is 0 Å². The number of amides is 1. The summed E-state index contributed by atoms with van der Waals surface area (Å²) in [4.78, 5) is 18.3. The van der Waals surface area contributed by atoms with E-state index in [2.05, 4.69) is 17.2 Å². The molecule has 0 unspecified atom stereocenters. The van der Waals surface area contributed by atoms with Crippen LogP contribution in [0.25, 0.3) is 0 Å². The first-order valence-corrected chi connectivity index (χ1v) is 6.50. The topological polar surface area (TPSA) is 45.2 Å². The maximum Gasteiger partial charge on any atom is 0.253 e. The Morgan fingerprint density at radius 3 is 2.72 bits per heavy atom. The molecule has 1 N–H and O–H groups in total. The van der Waals surface area contributed by atoms with E-state index >= 15 is 0 Å². The molecule has 0 atom stereocenters. The van der Waals surface area contributed by atoms with Gasteiger partial charge < -0.3 is 10.2 Å². The van der Waals surface area contributed by atoms with Gasteiger partial charge in [-0.1, -0.05) is 19.8 Å². The molecule has 100 valence electrons. The lowest BCUT2D eigenvalue weighted by Crippen LogP contribution is -2.28. The van der Waals surface area contributed by atoms with Crippen molar-refractivity contribution in [2.45, 2.75) is 33.1 Å². The minimum Gasteiger partial charge on any atom is -0.373 e. The fourth-order valence-corrected chi connectivity index (χ4v) is 1.84. The third-order valence-electron chi connectivity index (χ3n) is 2.90. The Morgan fingerprint density at radius 2 is 2.11 bits per heavy atom. The molecule has 0 aliphatic heterocycles. The lowest BCUT2D eigenvalue weighted by Gasteiger charge is -2.17. The summed E-state index contributed by atoms with van der Waals surface area (Å²) in [7, 11) is 3.66.